The van der Waals surface area contributed by atoms with E-state index in [2.05, 4.69) is 36.2 Å². The molecule has 0 saturated carbocycles. The highest BCUT2D eigenvalue weighted by Gasteiger charge is 2.31. The molecule has 0 aromatic heterocycles. The summed E-state index contributed by atoms with van der Waals surface area (Å²) >= 11 is 0. The standard InChI is InChI=1S/C18H26N2O/c1-13(2)14-7-5-10-20(11-9-14)18(21)17-12-15-6-3-4-8-16(15)19-17/h3-4,6,8,13-14,17,19H,5,7,9-12H2,1-2H3. The van der Waals surface area contributed by atoms with E-state index in [4.69, 9.17) is 0 Å². The number of para-hydroxylation sites is 1. The van der Waals surface area contributed by atoms with Crippen molar-refractivity contribution in [2.24, 2.45) is 11.8 Å². The second kappa shape index (κ2) is 6.08. The molecule has 114 valence electrons. The van der Waals surface area contributed by atoms with Gasteiger partial charge in [-0.15, -0.1) is 0 Å². The Bertz CT molecular complexity index is 487. The van der Waals surface area contributed by atoms with Crippen LogP contribution in [-0.2, 0) is 11.2 Å². The van der Waals surface area contributed by atoms with Gasteiger partial charge in [0.25, 0.3) is 0 Å². The Morgan fingerprint density at radius 3 is 2.81 bits per heavy atom. The number of hydrogen-bond donors (Lipinski definition) is 1. The van der Waals surface area contributed by atoms with Crippen LogP contribution in [0.2, 0.25) is 0 Å². The number of rotatable bonds is 2. The van der Waals surface area contributed by atoms with Crippen LogP contribution in [0.1, 0.15) is 38.7 Å². The largest absolute Gasteiger partial charge is 0.373 e. The second-order valence-corrected chi connectivity index (χ2v) is 6.82. The van der Waals surface area contributed by atoms with Gasteiger partial charge in [-0.1, -0.05) is 32.0 Å². The van der Waals surface area contributed by atoms with E-state index in [-0.39, 0.29) is 11.9 Å². The number of nitrogens with zero attached hydrogens (tertiary/aromatic N) is 1. The van der Waals surface area contributed by atoms with Crippen molar-refractivity contribution in [1.29, 1.82) is 0 Å². The number of carbonyl (C=O) groups excluding carboxylic acids is 1. The minimum atomic E-state index is -0.0574. The molecule has 3 heteroatoms. The molecule has 1 aromatic carbocycles. The minimum absolute atomic E-state index is 0.0574. The van der Waals surface area contributed by atoms with E-state index in [0.717, 1.165) is 49.9 Å². The SMILES string of the molecule is CC(C)C1CCCN(C(=O)C2Cc3ccccc3N2)CC1. The molecule has 1 aromatic rings. The molecule has 1 saturated heterocycles. The lowest BCUT2D eigenvalue weighted by Gasteiger charge is -2.24. The zero-order valence-electron chi connectivity index (χ0n) is 13.1. The van der Waals surface area contributed by atoms with E-state index in [9.17, 15) is 4.79 Å². The van der Waals surface area contributed by atoms with Crippen molar-refractivity contribution in [2.75, 3.05) is 18.4 Å². The van der Waals surface area contributed by atoms with Crippen molar-refractivity contribution in [2.45, 2.75) is 45.6 Å². The van der Waals surface area contributed by atoms with Crippen LogP contribution in [0.5, 0.6) is 0 Å². The monoisotopic (exact) mass is 286 g/mol. The number of anilines is 1. The molecule has 2 unspecified atom stereocenters. The van der Waals surface area contributed by atoms with E-state index in [1.165, 1.54) is 12.0 Å². The highest BCUT2D eigenvalue weighted by atomic mass is 16.2. The van der Waals surface area contributed by atoms with Gasteiger partial charge in [-0.05, 0) is 42.7 Å². The van der Waals surface area contributed by atoms with Crippen LogP contribution in [-0.4, -0.2) is 29.9 Å². The maximum atomic E-state index is 12.8. The van der Waals surface area contributed by atoms with Gasteiger partial charge in [-0.2, -0.15) is 0 Å². The first kappa shape index (κ1) is 14.4. The highest BCUT2D eigenvalue weighted by Crippen LogP contribution is 2.28. The van der Waals surface area contributed by atoms with Crippen LogP contribution in [0.25, 0.3) is 0 Å². The predicted molar refractivity (Wildman–Crippen MR) is 86.3 cm³/mol. The lowest BCUT2D eigenvalue weighted by atomic mass is 9.89. The molecule has 2 aliphatic rings. The number of likely N-dealkylation sites (tertiary alicyclic amines) is 1. The molecule has 0 spiro atoms. The topological polar surface area (TPSA) is 32.3 Å². The van der Waals surface area contributed by atoms with Crippen molar-refractivity contribution in [1.82, 2.24) is 4.90 Å². The fourth-order valence-electron chi connectivity index (χ4n) is 3.68. The Balaban J connectivity index is 1.62. The fraction of sp³-hybridized carbons (Fsp3) is 0.611. The van der Waals surface area contributed by atoms with E-state index < -0.39 is 0 Å². The van der Waals surface area contributed by atoms with Crippen LogP contribution in [0.15, 0.2) is 24.3 Å². The van der Waals surface area contributed by atoms with Crippen LogP contribution in [0, 0.1) is 11.8 Å². The Labute approximate surface area is 127 Å². The smallest absolute Gasteiger partial charge is 0.245 e. The van der Waals surface area contributed by atoms with Crippen LogP contribution in [0.3, 0.4) is 0 Å². The lowest BCUT2D eigenvalue weighted by molar-refractivity contribution is -0.131. The Hall–Kier alpha value is -1.51. The van der Waals surface area contributed by atoms with E-state index in [1.54, 1.807) is 0 Å². The van der Waals surface area contributed by atoms with E-state index in [1.807, 2.05) is 12.1 Å². The minimum Gasteiger partial charge on any atom is -0.373 e. The molecule has 1 N–H and O–H groups in total. The number of amides is 1. The Morgan fingerprint density at radius 1 is 1.24 bits per heavy atom. The van der Waals surface area contributed by atoms with Crippen LogP contribution < -0.4 is 5.32 Å². The van der Waals surface area contributed by atoms with Gasteiger partial charge in [0, 0.05) is 25.2 Å². The van der Waals surface area contributed by atoms with Gasteiger partial charge in [0.2, 0.25) is 5.91 Å². The average molecular weight is 286 g/mol. The molecule has 2 aliphatic heterocycles. The third kappa shape index (κ3) is 3.07. The van der Waals surface area contributed by atoms with Gasteiger partial charge in [0.15, 0.2) is 0 Å². The molecule has 2 atom stereocenters. The summed E-state index contributed by atoms with van der Waals surface area (Å²) in [4.78, 5) is 14.9. The summed E-state index contributed by atoms with van der Waals surface area (Å²) in [5.41, 5.74) is 2.40. The van der Waals surface area contributed by atoms with E-state index >= 15 is 0 Å². The van der Waals surface area contributed by atoms with Crippen molar-refractivity contribution in [3.05, 3.63) is 29.8 Å². The summed E-state index contributed by atoms with van der Waals surface area (Å²) in [7, 11) is 0. The lowest BCUT2D eigenvalue weighted by Crippen LogP contribution is -2.42. The molecule has 1 fully saturated rings. The number of nitrogens with one attached hydrogen (secondary N) is 1. The van der Waals surface area contributed by atoms with Gasteiger partial charge >= 0.3 is 0 Å². The molecular formula is C18H26N2O. The van der Waals surface area contributed by atoms with E-state index in [0.29, 0.717) is 0 Å². The van der Waals surface area contributed by atoms with Gasteiger partial charge in [-0.3, -0.25) is 4.79 Å². The Morgan fingerprint density at radius 2 is 2.05 bits per heavy atom. The van der Waals surface area contributed by atoms with Crippen LogP contribution >= 0.6 is 0 Å². The summed E-state index contributed by atoms with van der Waals surface area (Å²) < 4.78 is 0. The van der Waals surface area contributed by atoms with Crippen molar-refractivity contribution in [3.63, 3.8) is 0 Å². The zero-order chi connectivity index (χ0) is 14.8. The average Bonchev–Trinajstić information content (AvgIpc) is 2.75. The summed E-state index contributed by atoms with van der Waals surface area (Å²) in [6, 6.07) is 8.20. The number of fused-ring (bicyclic) bond motifs is 1. The molecule has 0 aliphatic carbocycles. The fourth-order valence-corrected chi connectivity index (χ4v) is 3.68. The summed E-state index contributed by atoms with van der Waals surface area (Å²) in [5, 5.41) is 3.39. The highest BCUT2D eigenvalue weighted by molar-refractivity contribution is 5.87. The third-order valence-corrected chi connectivity index (χ3v) is 5.10. The summed E-state index contributed by atoms with van der Waals surface area (Å²) in [5.74, 6) is 1.79. The van der Waals surface area contributed by atoms with Gasteiger partial charge < -0.3 is 10.2 Å². The maximum Gasteiger partial charge on any atom is 0.245 e. The number of hydrogen-bond acceptors (Lipinski definition) is 2. The van der Waals surface area contributed by atoms with Gasteiger partial charge in [0.1, 0.15) is 6.04 Å². The summed E-state index contributed by atoms with van der Waals surface area (Å²) in [6.45, 7) is 6.46. The van der Waals surface area contributed by atoms with Crippen molar-refractivity contribution < 1.29 is 4.79 Å². The van der Waals surface area contributed by atoms with Crippen molar-refractivity contribution in [3.8, 4) is 0 Å². The molecule has 21 heavy (non-hydrogen) atoms. The quantitative estimate of drug-likeness (QED) is 0.904. The number of carbonyl (C=O) groups is 1. The molecule has 0 radical (unpaired) electrons. The van der Waals surface area contributed by atoms with Crippen molar-refractivity contribution >= 4 is 11.6 Å². The van der Waals surface area contributed by atoms with Gasteiger partial charge in [-0.25, -0.2) is 0 Å². The maximum absolute atomic E-state index is 12.8. The summed E-state index contributed by atoms with van der Waals surface area (Å²) in [6.07, 6.45) is 4.40. The zero-order valence-corrected chi connectivity index (χ0v) is 13.1. The normalized spacial score (nSPS) is 25.4. The molecule has 1 amide bonds. The molecule has 0 bridgehead atoms. The molecule has 2 heterocycles. The predicted octanol–water partition coefficient (Wildman–Crippen LogP) is 3.31. The molecular weight excluding hydrogens is 260 g/mol. The first-order valence-electron chi connectivity index (χ1n) is 8.28. The second-order valence-electron chi connectivity index (χ2n) is 6.82. The number of benzene rings is 1. The van der Waals surface area contributed by atoms with Gasteiger partial charge in [0.05, 0.1) is 0 Å². The third-order valence-electron chi connectivity index (χ3n) is 5.10. The molecule has 3 rings (SSSR count). The molecule has 3 nitrogen and oxygen atoms in total. The Kier molecular flexibility index (Phi) is 4.18. The van der Waals surface area contributed by atoms with Crippen LogP contribution in [0.4, 0.5) is 5.69 Å². The first-order chi connectivity index (χ1) is 10.1. The first-order valence-corrected chi connectivity index (χ1v) is 8.28.